The molecule has 1 radical (unpaired) electrons. The molecule has 0 unspecified atom stereocenters. The van der Waals surface area contributed by atoms with Crippen molar-refractivity contribution in [3.63, 3.8) is 0 Å². The van der Waals surface area contributed by atoms with Gasteiger partial charge < -0.3 is 20.4 Å². The van der Waals surface area contributed by atoms with Crippen LogP contribution in [0.3, 0.4) is 0 Å². The first-order valence-corrected chi connectivity index (χ1v) is 9.26. The summed E-state index contributed by atoms with van der Waals surface area (Å²) in [5.41, 5.74) is -1.00. The smallest absolute Gasteiger partial charge is 0.298 e. The Morgan fingerprint density at radius 3 is 1.71 bits per heavy atom. The predicted octanol–water partition coefficient (Wildman–Crippen LogP) is 2.14. The third-order valence-electron chi connectivity index (χ3n) is 4.53. The largest absolute Gasteiger partial charge is 0.504 e. The van der Waals surface area contributed by atoms with Gasteiger partial charge >= 0.3 is 0 Å². The molecule has 0 saturated heterocycles. The molecule has 9 heteroatoms. The Bertz CT molecular complexity index is 1120. The summed E-state index contributed by atoms with van der Waals surface area (Å²) < 4.78 is 30.9. The summed E-state index contributed by atoms with van der Waals surface area (Å²) in [6.07, 6.45) is 0. The zero-order valence-corrected chi connectivity index (χ0v) is 17.5. The van der Waals surface area contributed by atoms with Crippen LogP contribution in [-0.4, -0.2) is 58.4 Å². The third-order valence-corrected chi connectivity index (χ3v) is 5.90. The average Bonchev–Trinajstić information content (AvgIpc) is 2.89. The first-order chi connectivity index (χ1) is 12.8. The SMILES string of the molecule is O=S1(=O)OC(c2ccc(O)c(O)c2)(c2ccc(O)c(O)c2)c2ccccc21.[Na]. The van der Waals surface area contributed by atoms with Crippen molar-refractivity contribution in [2.75, 3.05) is 0 Å². The van der Waals surface area contributed by atoms with E-state index < -0.39 is 27.2 Å². The minimum Gasteiger partial charge on any atom is -0.504 e. The van der Waals surface area contributed by atoms with Crippen molar-refractivity contribution in [2.24, 2.45) is 0 Å². The summed E-state index contributed by atoms with van der Waals surface area (Å²) >= 11 is 0. The fraction of sp³-hybridized carbons (Fsp3) is 0.0526. The first-order valence-electron chi connectivity index (χ1n) is 7.86. The van der Waals surface area contributed by atoms with Crippen molar-refractivity contribution in [3.8, 4) is 23.0 Å². The zero-order valence-electron chi connectivity index (χ0n) is 14.7. The van der Waals surface area contributed by atoms with Crippen molar-refractivity contribution in [1.82, 2.24) is 0 Å². The molecule has 0 aliphatic carbocycles. The molecule has 0 fully saturated rings. The number of phenols is 4. The molecule has 0 spiro atoms. The van der Waals surface area contributed by atoms with Crippen LogP contribution < -0.4 is 0 Å². The van der Waals surface area contributed by atoms with E-state index >= 15 is 0 Å². The van der Waals surface area contributed by atoms with E-state index in [0.29, 0.717) is 0 Å². The van der Waals surface area contributed by atoms with Gasteiger partial charge in [-0.1, -0.05) is 30.3 Å². The van der Waals surface area contributed by atoms with Crippen LogP contribution in [0.4, 0.5) is 0 Å². The van der Waals surface area contributed by atoms with Crippen molar-refractivity contribution in [2.45, 2.75) is 10.5 Å². The van der Waals surface area contributed by atoms with Crippen LogP contribution in [0.1, 0.15) is 16.7 Å². The maximum atomic E-state index is 12.7. The van der Waals surface area contributed by atoms with E-state index in [-0.39, 0.29) is 62.6 Å². The van der Waals surface area contributed by atoms with E-state index in [4.69, 9.17) is 4.18 Å². The van der Waals surface area contributed by atoms with Gasteiger partial charge in [0, 0.05) is 35.1 Å². The molecule has 1 aliphatic heterocycles. The molecule has 3 aromatic carbocycles. The Morgan fingerprint density at radius 2 is 1.21 bits per heavy atom. The Morgan fingerprint density at radius 1 is 0.714 bits per heavy atom. The van der Waals surface area contributed by atoms with Crippen LogP contribution in [0.5, 0.6) is 23.0 Å². The molecule has 0 bridgehead atoms. The van der Waals surface area contributed by atoms with Crippen LogP contribution in [0.15, 0.2) is 65.6 Å². The number of rotatable bonds is 2. The first kappa shape index (κ1) is 20.5. The Kier molecular flexibility index (Phi) is 5.11. The summed E-state index contributed by atoms with van der Waals surface area (Å²) in [5.74, 6) is -1.67. The van der Waals surface area contributed by atoms with Crippen LogP contribution in [-0.2, 0) is 19.9 Å². The van der Waals surface area contributed by atoms with Gasteiger partial charge in [0.05, 0.1) is 0 Å². The molecule has 0 saturated carbocycles. The van der Waals surface area contributed by atoms with E-state index in [0.717, 1.165) is 0 Å². The molecule has 0 atom stereocenters. The minimum absolute atomic E-state index is 0. The second-order valence-electron chi connectivity index (χ2n) is 6.12. The second-order valence-corrected chi connectivity index (χ2v) is 7.64. The Balaban J connectivity index is 0.00000225. The zero-order chi connectivity index (χ0) is 19.4. The van der Waals surface area contributed by atoms with Crippen molar-refractivity contribution >= 4 is 39.7 Å². The number of hydrogen-bond donors (Lipinski definition) is 4. The fourth-order valence-corrected chi connectivity index (χ4v) is 4.72. The minimum atomic E-state index is -4.14. The molecular formula is C19H14NaO7S. The van der Waals surface area contributed by atoms with Gasteiger partial charge in [-0.05, 0) is 41.5 Å². The number of hydrogen-bond acceptors (Lipinski definition) is 7. The molecule has 139 valence electrons. The van der Waals surface area contributed by atoms with Crippen LogP contribution in [0.2, 0.25) is 0 Å². The number of benzene rings is 3. The summed E-state index contributed by atoms with van der Waals surface area (Å²) in [7, 11) is -4.14. The number of phenolic OH excluding ortho intramolecular Hbond substituents is 4. The van der Waals surface area contributed by atoms with E-state index in [2.05, 4.69) is 0 Å². The maximum absolute atomic E-state index is 12.7. The van der Waals surface area contributed by atoms with Crippen molar-refractivity contribution in [3.05, 3.63) is 77.4 Å². The third kappa shape index (κ3) is 2.94. The van der Waals surface area contributed by atoms with Crippen LogP contribution in [0, 0.1) is 0 Å². The summed E-state index contributed by atoms with van der Waals surface area (Å²) in [6, 6.07) is 13.8. The topological polar surface area (TPSA) is 124 Å². The van der Waals surface area contributed by atoms with E-state index in [1.807, 2.05) is 0 Å². The van der Waals surface area contributed by atoms with Crippen LogP contribution >= 0.6 is 0 Å². The van der Waals surface area contributed by atoms with Gasteiger partial charge in [0.25, 0.3) is 10.1 Å². The van der Waals surface area contributed by atoms with Gasteiger partial charge in [-0.3, -0.25) is 0 Å². The van der Waals surface area contributed by atoms with Gasteiger partial charge in [-0.2, -0.15) is 8.42 Å². The Labute approximate surface area is 182 Å². The second kappa shape index (κ2) is 6.98. The molecule has 28 heavy (non-hydrogen) atoms. The van der Waals surface area contributed by atoms with Crippen molar-refractivity contribution in [1.29, 1.82) is 0 Å². The van der Waals surface area contributed by atoms with E-state index in [9.17, 15) is 28.8 Å². The van der Waals surface area contributed by atoms with Gasteiger partial charge in [-0.25, -0.2) is 4.18 Å². The average molecular weight is 409 g/mol. The molecule has 3 aromatic rings. The fourth-order valence-electron chi connectivity index (χ4n) is 3.29. The molecule has 7 nitrogen and oxygen atoms in total. The quantitative estimate of drug-likeness (QED) is 0.290. The van der Waals surface area contributed by atoms with E-state index in [1.54, 1.807) is 18.2 Å². The predicted molar refractivity (Wildman–Crippen MR) is 99.9 cm³/mol. The summed E-state index contributed by atoms with van der Waals surface area (Å²) in [5, 5.41) is 39.2. The van der Waals surface area contributed by atoms with Gasteiger partial charge in [0.1, 0.15) is 4.90 Å². The number of aromatic hydroxyl groups is 4. The molecular weight excluding hydrogens is 395 g/mol. The molecule has 1 aliphatic rings. The van der Waals surface area contributed by atoms with Crippen LogP contribution in [0.25, 0.3) is 0 Å². The molecule has 1 heterocycles. The van der Waals surface area contributed by atoms with Crippen molar-refractivity contribution < 1.29 is 33.0 Å². The Hall–Kier alpha value is -2.23. The standard InChI is InChI=1S/C19H14O7S.Na/c20-14-7-5-11(9-16(14)22)19(12-6-8-15(21)17(23)10-12)13-3-1-2-4-18(13)27(24,25)26-19;/h1-10,20-23H;. The van der Waals surface area contributed by atoms with Gasteiger partial charge in [0.15, 0.2) is 28.6 Å². The monoisotopic (exact) mass is 409 g/mol. The molecule has 0 amide bonds. The maximum Gasteiger partial charge on any atom is 0.298 e. The molecule has 0 aromatic heterocycles. The number of fused-ring (bicyclic) bond motifs is 1. The normalized spacial score (nSPS) is 16.1. The summed E-state index contributed by atoms with van der Waals surface area (Å²) in [4.78, 5) is -0.0508. The van der Waals surface area contributed by atoms with Gasteiger partial charge in [0.2, 0.25) is 0 Å². The van der Waals surface area contributed by atoms with E-state index in [1.165, 1.54) is 42.5 Å². The molecule has 4 N–H and O–H groups in total. The molecule has 4 rings (SSSR count). The summed E-state index contributed by atoms with van der Waals surface area (Å²) in [6.45, 7) is 0. The van der Waals surface area contributed by atoms with Gasteiger partial charge in [-0.15, -0.1) is 0 Å².